The fourth-order valence-electron chi connectivity index (χ4n) is 2.05. The van der Waals surface area contributed by atoms with Crippen LogP contribution in [-0.2, 0) is 4.79 Å². The van der Waals surface area contributed by atoms with Crippen LogP contribution in [0.4, 0.5) is 5.82 Å². The van der Waals surface area contributed by atoms with Crippen LogP contribution in [0.1, 0.15) is 10.4 Å². The molecule has 0 aliphatic heterocycles. The lowest BCUT2D eigenvalue weighted by Crippen LogP contribution is -2.14. The number of nitrogens with one attached hydrogen (secondary N) is 1. The minimum atomic E-state index is -0.181. The van der Waals surface area contributed by atoms with E-state index in [0.29, 0.717) is 11.4 Å². The molecule has 5 heteroatoms. The number of anilines is 1. The molecule has 0 saturated carbocycles. The Bertz CT molecular complexity index is 812. The summed E-state index contributed by atoms with van der Waals surface area (Å²) in [5.74, 6) is 0.353. The molecule has 3 rings (SSSR count). The second-order valence-electron chi connectivity index (χ2n) is 4.75. The molecule has 1 aromatic carbocycles. The van der Waals surface area contributed by atoms with Crippen molar-refractivity contribution < 1.29 is 4.79 Å². The van der Waals surface area contributed by atoms with E-state index in [1.807, 2.05) is 60.0 Å². The Morgan fingerprint density at radius 1 is 1.09 bits per heavy atom. The van der Waals surface area contributed by atoms with Gasteiger partial charge in [-0.1, -0.05) is 40.2 Å². The van der Waals surface area contributed by atoms with E-state index < -0.39 is 0 Å². The van der Waals surface area contributed by atoms with Crippen molar-refractivity contribution in [1.82, 2.24) is 4.98 Å². The van der Waals surface area contributed by atoms with Gasteiger partial charge in [0.25, 0.3) is 5.91 Å². The summed E-state index contributed by atoms with van der Waals surface area (Å²) in [7, 11) is 0. The molecule has 1 N–H and O–H groups in total. The highest BCUT2D eigenvalue weighted by Crippen LogP contribution is 2.24. The summed E-state index contributed by atoms with van der Waals surface area (Å²) in [6.07, 6.45) is 3.55. The summed E-state index contributed by atoms with van der Waals surface area (Å²) in [4.78, 5) is 17.9. The molecule has 0 bridgehead atoms. The summed E-state index contributed by atoms with van der Waals surface area (Å²) in [5, 5.41) is 4.83. The Hall–Kier alpha value is -2.24. The Labute approximate surface area is 146 Å². The topological polar surface area (TPSA) is 42.0 Å². The number of carbonyl (C=O) groups excluding carboxylic acids is 1. The van der Waals surface area contributed by atoms with Crippen molar-refractivity contribution in [2.45, 2.75) is 0 Å². The van der Waals surface area contributed by atoms with Crippen LogP contribution in [0.5, 0.6) is 0 Å². The minimum absolute atomic E-state index is 0.181. The van der Waals surface area contributed by atoms with Gasteiger partial charge in [-0.25, -0.2) is 4.98 Å². The molecule has 0 aliphatic carbocycles. The van der Waals surface area contributed by atoms with E-state index in [-0.39, 0.29) is 5.91 Å². The highest BCUT2D eigenvalue weighted by Gasteiger charge is 2.13. The molecule has 0 atom stereocenters. The van der Waals surface area contributed by atoms with E-state index >= 15 is 0 Å². The normalized spacial score (nSPS) is 11.3. The lowest BCUT2D eigenvalue weighted by atomic mass is 10.0. The van der Waals surface area contributed by atoms with E-state index in [0.717, 1.165) is 14.9 Å². The van der Waals surface area contributed by atoms with Crippen LogP contribution < -0.4 is 5.32 Å². The smallest absolute Gasteiger partial charge is 0.257 e. The van der Waals surface area contributed by atoms with Crippen molar-refractivity contribution in [3.8, 4) is 0 Å². The predicted molar refractivity (Wildman–Crippen MR) is 99.2 cm³/mol. The fourth-order valence-corrected chi connectivity index (χ4v) is 2.97. The van der Waals surface area contributed by atoms with Crippen LogP contribution in [0, 0.1) is 0 Å². The summed E-state index contributed by atoms with van der Waals surface area (Å²) in [5.41, 5.74) is 1.46. The number of thiophene rings is 1. The third kappa shape index (κ3) is 4.15. The number of rotatable bonds is 4. The largest absolute Gasteiger partial charge is 0.307 e. The zero-order chi connectivity index (χ0) is 16.1. The molecule has 2 heterocycles. The first kappa shape index (κ1) is 15.6. The number of pyridine rings is 1. The molecule has 2 aromatic heterocycles. The van der Waals surface area contributed by atoms with E-state index in [2.05, 4.69) is 26.2 Å². The first-order valence-corrected chi connectivity index (χ1v) is 8.63. The van der Waals surface area contributed by atoms with Crippen LogP contribution in [0.3, 0.4) is 0 Å². The Morgan fingerprint density at radius 2 is 1.91 bits per heavy atom. The molecule has 0 fully saturated rings. The lowest BCUT2D eigenvalue weighted by molar-refractivity contribution is -0.111. The number of halogens is 1. The van der Waals surface area contributed by atoms with Gasteiger partial charge in [-0.3, -0.25) is 4.79 Å². The van der Waals surface area contributed by atoms with Gasteiger partial charge in [0.1, 0.15) is 5.82 Å². The van der Waals surface area contributed by atoms with E-state index in [4.69, 9.17) is 0 Å². The average molecular weight is 385 g/mol. The quantitative estimate of drug-likeness (QED) is 0.636. The van der Waals surface area contributed by atoms with Crippen LogP contribution in [0.15, 0.2) is 70.6 Å². The Kier molecular flexibility index (Phi) is 5.00. The molecule has 0 unspecified atom stereocenters. The zero-order valence-corrected chi connectivity index (χ0v) is 14.5. The fraction of sp³-hybridized carbons (Fsp3) is 0. The zero-order valence-electron chi connectivity index (χ0n) is 12.1. The van der Waals surface area contributed by atoms with Gasteiger partial charge in [0.15, 0.2) is 0 Å². The maximum atomic E-state index is 12.7. The second kappa shape index (κ2) is 7.35. The number of aromatic nitrogens is 1. The van der Waals surface area contributed by atoms with E-state index in [9.17, 15) is 4.79 Å². The number of amides is 1. The maximum Gasteiger partial charge on any atom is 0.257 e. The molecular weight excluding hydrogens is 372 g/mol. The number of hydrogen-bond acceptors (Lipinski definition) is 3. The van der Waals surface area contributed by atoms with Crippen molar-refractivity contribution in [2.24, 2.45) is 0 Å². The predicted octanol–water partition coefficient (Wildman–Crippen LogP) is 5.08. The molecule has 0 saturated heterocycles. The molecule has 1 amide bonds. The average Bonchev–Trinajstić information content (AvgIpc) is 3.08. The van der Waals surface area contributed by atoms with E-state index in [1.54, 1.807) is 23.6 Å². The molecule has 0 aliphatic rings. The van der Waals surface area contributed by atoms with Gasteiger partial charge in [0.2, 0.25) is 0 Å². The third-order valence-corrected chi connectivity index (χ3v) is 4.48. The molecule has 3 nitrogen and oxygen atoms in total. The van der Waals surface area contributed by atoms with Crippen LogP contribution in [0.2, 0.25) is 0 Å². The van der Waals surface area contributed by atoms with Crippen LogP contribution in [-0.4, -0.2) is 10.9 Å². The molecule has 3 aromatic rings. The minimum Gasteiger partial charge on any atom is -0.307 e. The monoisotopic (exact) mass is 384 g/mol. The highest BCUT2D eigenvalue weighted by atomic mass is 79.9. The summed E-state index contributed by atoms with van der Waals surface area (Å²) in [6.45, 7) is 0. The van der Waals surface area contributed by atoms with Gasteiger partial charge >= 0.3 is 0 Å². The first-order valence-electron chi connectivity index (χ1n) is 6.96. The van der Waals surface area contributed by atoms with Crippen molar-refractivity contribution >= 4 is 50.6 Å². The number of carbonyl (C=O) groups is 1. The van der Waals surface area contributed by atoms with Crippen molar-refractivity contribution in [3.63, 3.8) is 0 Å². The highest BCUT2D eigenvalue weighted by molar-refractivity contribution is 9.10. The third-order valence-electron chi connectivity index (χ3n) is 3.14. The number of benzene rings is 1. The number of hydrogen-bond donors (Lipinski definition) is 1. The van der Waals surface area contributed by atoms with Gasteiger partial charge in [-0.05, 0) is 47.4 Å². The SMILES string of the molecule is O=C(Nc1ccccn1)C(=Cc1cccs1)c1ccc(Br)cc1. The molecular formula is C18H13BrN2OS. The molecule has 114 valence electrons. The van der Waals surface area contributed by atoms with Gasteiger partial charge < -0.3 is 5.32 Å². The molecule has 0 radical (unpaired) electrons. The van der Waals surface area contributed by atoms with Gasteiger partial charge in [0.05, 0.1) is 0 Å². The maximum absolute atomic E-state index is 12.7. The molecule has 0 spiro atoms. The summed E-state index contributed by atoms with van der Waals surface area (Å²) in [6, 6.07) is 17.0. The van der Waals surface area contributed by atoms with Crippen molar-refractivity contribution in [3.05, 3.63) is 81.1 Å². The van der Waals surface area contributed by atoms with Crippen LogP contribution in [0.25, 0.3) is 11.6 Å². The number of nitrogens with zero attached hydrogens (tertiary/aromatic N) is 1. The standard InChI is InChI=1S/C18H13BrN2OS/c19-14-8-6-13(7-9-14)16(12-15-4-3-11-23-15)18(22)21-17-5-1-2-10-20-17/h1-12H,(H,20,21,22). The second-order valence-corrected chi connectivity index (χ2v) is 6.64. The van der Waals surface area contributed by atoms with E-state index in [1.165, 1.54) is 0 Å². The van der Waals surface area contributed by atoms with Gasteiger partial charge in [-0.2, -0.15) is 0 Å². The lowest BCUT2D eigenvalue weighted by Gasteiger charge is -2.09. The van der Waals surface area contributed by atoms with Crippen molar-refractivity contribution in [2.75, 3.05) is 5.32 Å². The Balaban J connectivity index is 1.95. The Morgan fingerprint density at radius 3 is 2.57 bits per heavy atom. The summed E-state index contributed by atoms with van der Waals surface area (Å²) >= 11 is 5.01. The van der Waals surface area contributed by atoms with Crippen molar-refractivity contribution in [1.29, 1.82) is 0 Å². The van der Waals surface area contributed by atoms with Gasteiger partial charge in [-0.15, -0.1) is 11.3 Å². The van der Waals surface area contributed by atoms with Gasteiger partial charge in [0, 0.05) is 21.1 Å². The van der Waals surface area contributed by atoms with Crippen LogP contribution >= 0.6 is 27.3 Å². The molecule has 23 heavy (non-hydrogen) atoms. The summed E-state index contributed by atoms with van der Waals surface area (Å²) < 4.78 is 0.974. The first-order chi connectivity index (χ1) is 11.2.